The molecular formula is C17H16Cl2NO2SY-. The third kappa shape index (κ3) is 5.44. The fraction of sp³-hybridized carbons (Fsp3) is 0.353. The number of halogens is 2. The van der Waals surface area contributed by atoms with E-state index in [4.69, 9.17) is 27.9 Å². The van der Waals surface area contributed by atoms with E-state index in [1.807, 2.05) is 11.0 Å². The van der Waals surface area contributed by atoms with Gasteiger partial charge in [-0.1, -0.05) is 29.6 Å². The van der Waals surface area contributed by atoms with E-state index < -0.39 is 0 Å². The first-order chi connectivity index (χ1) is 11.1. The van der Waals surface area contributed by atoms with Crippen LogP contribution in [0.5, 0.6) is 5.75 Å². The molecule has 7 heteroatoms. The molecule has 2 heterocycles. The van der Waals surface area contributed by atoms with Gasteiger partial charge in [0.1, 0.15) is 12.4 Å². The van der Waals surface area contributed by atoms with Crippen molar-refractivity contribution in [2.24, 2.45) is 0 Å². The molecule has 0 bridgehead atoms. The standard InChI is InChI=1S/C17H16Cl2NO2S.Y/c18-12-7-13(19)9-15(8-12)22-11-14-10-17(21)20(14)5-1-3-16-4-2-6-23-16;/h2,4,7-9,14H,1,3,5,10-11H2;/q-1;/t14-;/m1./s1. The molecule has 1 fully saturated rings. The van der Waals surface area contributed by atoms with E-state index in [1.165, 1.54) is 4.88 Å². The maximum absolute atomic E-state index is 11.8. The molecule has 0 spiro atoms. The number of hydrogen-bond acceptors (Lipinski definition) is 3. The quantitative estimate of drug-likeness (QED) is 0.453. The van der Waals surface area contributed by atoms with Gasteiger partial charge in [0.25, 0.3) is 0 Å². The molecule has 0 saturated carbocycles. The van der Waals surface area contributed by atoms with E-state index >= 15 is 0 Å². The second-order valence-corrected chi connectivity index (χ2v) is 7.32. The second kappa shape index (κ2) is 9.54. The first-order valence-corrected chi connectivity index (χ1v) is 9.02. The van der Waals surface area contributed by atoms with E-state index in [0.717, 1.165) is 19.4 Å². The van der Waals surface area contributed by atoms with Crippen molar-refractivity contribution in [3.63, 3.8) is 0 Å². The van der Waals surface area contributed by atoms with Crippen molar-refractivity contribution >= 4 is 40.4 Å². The predicted octanol–water partition coefficient (Wildman–Crippen LogP) is 4.47. The van der Waals surface area contributed by atoms with Crippen LogP contribution in [-0.4, -0.2) is 30.0 Å². The van der Waals surface area contributed by atoms with Crippen molar-refractivity contribution in [3.8, 4) is 5.75 Å². The van der Waals surface area contributed by atoms with Crippen LogP contribution in [0, 0.1) is 5.38 Å². The van der Waals surface area contributed by atoms with Gasteiger partial charge < -0.3 is 21.0 Å². The van der Waals surface area contributed by atoms with Gasteiger partial charge in [0, 0.05) is 49.3 Å². The Balaban J connectivity index is 0.00000208. The number of nitrogens with zero attached hydrogens (tertiary/aromatic N) is 1. The Bertz CT molecular complexity index is 661. The molecule has 1 amide bonds. The molecule has 0 N–H and O–H groups in total. The summed E-state index contributed by atoms with van der Waals surface area (Å²) in [6.45, 7) is 1.23. The molecule has 125 valence electrons. The monoisotopic (exact) mass is 457 g/mol. The van der Waals surface area contributed by atoms with Crippen LogP contribution in [0.4, 0.5) is 0 Å². The van der Waals surface area contributed by atoms with E-state index in [-0.39, 0.29) is 44.7 Å². The molecule has 1 aromatic carbocycles. The Hall–Kier alpha value is -0.126. The Morgan fingerprint density at radius 3 is 2.67 bits per heavy atom. The number of hydrogen-bond donors (Lipinski definition) is 0. The largest absolute Gasteiger partial charge is 0.491 e. The first-order valence-electron chi connectivity index (χ1n) is 7.45. The van der Waals surface area contributed by atoms with Crippen LogP contribution >= 0.6 is 34.5 Å². The van der Waals surface area contributed by atoms with Crippen LogP contribution in [0.3, 0.4) is 0 Å². The van der Waals surface area contributed by atoms with Crippen molar-refractivity contribution in [2.45, 2.75) is 25.3 Å². The summed E-state index contributed by atoms with van der Waals surface area (Å²) in [5, 5.41) is 4.17. The minimum atomic E-state index is 0. The fourth-order valence-corrected chi connectivity index (χ4v) is 3.79. The number of benzene rings is 1. The van der Waals surface area contributed by atoms with Crippen molar-refractivity contribution < 1.29 is 42.2 Å². The van der Waals surface area contributed by atoms with E-state index in [0.29, 0.717) is 28.8 Å². The molecule has 3 nitrogen and oxygen atoms in total. The first kappa shape index (κ1) is 20.2. The summed E-state index contributed by atoms with van der Waals surface area (Å²) in [6.07, 6.45) is 2.48. The maximum atomic E-state index is 11.8. The summed E-state index contributed by atoms with van der Waals surface area (Å²) in [7, 11) is 0. The van der Waals surface area contributed by atoms with Crippen LogP contribution in [0.1, 0.15) is 17.7 Å². The SMILES string of the molecule is O=C1C[C@H](COc2cc(Cl)cc(Cl)c2)N1CCCc1cc[c-]s1.[Y]. The van der Waals surface area contributed by atoms with Gasteiger partial charge in [-0.2, -0.15) is 6.07 Å². The number of ether oxygens (including phenoxy) is 1. The van der Waals surface area contributed by atoms with Crippen LogP contribution in [0.25, 0.3) is 0 Å². The molecule has 1 atom stereocenters. The Kier molecular flexibility index (Phi) is 8.02. The summed E-state index contributed by atoms with van der Waals surface area (Å²) >= 11 is 13.5. The minimum Gasteiger partial charge on any atom is -0.491 e. The van der Waals surface area contributed by atoms with Crippen molar-refractivity contribution in [3.05, 3.63) is 50.6 Å². The average molecular weight is 458 g/mol. The van der Waals surface area contributed by atoms with E-state index in [2.05, 4.69) is 11.4 Å². The zero-order valence-electron chi connectivity index (χ0n) is 13.0. The molecular weight excluding hydrogens is 442 g/mol. The van der Waals surface area contributed by atoms with Gasteiger partial charge in [-0.3, -0.25) is 4.79 Å². The summed E-state index contributed by atoms with van der Waals surface area (Å²) in [5.41, 5.74) is 0. The second-order valence-electron chi connectivity index (χ2n) is 5.48. The van der Waals surface area contributed by atoms with Crippen LogP contribution in [0.2, 0.25) is 10.0 Å². The Morgan fingerprint density at radius 2 is 2.04 bits per heavy atom. The fourth-order valence-electron chi connectivity index (χ4n) is 2.61. The number of carbonyl (C=O) groups excluding carboxylic acids is 1. The van der Waals surface area contributed by atoms with Gasteiger partial charge in [-0.25, -0.2) is 6.07 Å². The molecule has 1 aliphatic rings. The number of β-lactam (4-membered cyclic amide) rings is 1. The third-order valence-electron chi connectivity index (χ3n) is 3.80. The zero-order valence-corrected chi connectivity index (χ0v) is 18.2. The number of carbonyl (C=O) groups is 1. The number of amides is 1. The van der Waals surface area contributed by atoms with E-state index in [9.17, 15) is 4.79 Å². The summed E-state index contributed by atoms with van der Waals surface area (Å²) < 4.78 is 5.74. The van der Waals surface area contributed by atoms with Crippen LogP contribution in [-0.2, 0) is 43.9 Å². The molecule has 2 aromatic rings. The zero-order chi connectivity index (χ0) is 16.2. The minimum absolute atomic E-state index is 0. The third-order valence-corrected chi connectivity index (χ3v) is 5.09. The number of rotatable bonds is 7. The molecule has 1 aliphatic heterocycles. The molecule has 3 rings (SSSR count). The van der Waals surface area contributed by atoms with Gasteiger partial charge in [0.15, 0.2) is 0 Å². The van der Waals surface area contributed by atoms with Gasteiger partial charge >= 0.3 is 0 Å². The van der Waals surface area contributed by atoms with Gasteiger partial charge in [0.05, 0.1) is 12.5 Å². The van der Waals surface area contributed by atoms with Gasteiger partial charge in [0.2, 0.25) is 5.91 Å². The number of likely N-dealkylation sites (tertiary alicyclic amines) is 1. The van der Waals surface area contributed by atoms with Crippen molar-refractivity contribution in [1.82, 2.24) is 4.90 Å². The molecule has 24 heavy (non-hydrogen) atoms. The number of thiophene rings is 1. The Morgan fingerprint density at radius 1 is 1.29 bits per heavy atom. The van der Waals surface area contributed by atoms with Gasteiger partial charge in [-0.05, 0) is 24.6 Å². The molecule has 1 radical (unpaired) electrons. The maximum Gasteiger partial charge on any atom is 0.225 e. The van der Waals surface area contributed by atoms with Crippen molar-refractivity contribution in [2.75, 3.05) is 13.2 Å². The molecule has 1 aromatic heterocycles. The topological polar surface area (TPSA) is 29.5 Å². The summed E-state index contributed by atoms with van der Waals surface area (Å²) in [4.78, 5) is 15.0. The smallest absolute Gasteiger partial charge is 0.225 e. The average Bonchev–Trinajstić information content (AvgIpc) is 3.00. The van der Waals surface area contributed by atoms with Gasteiger partial charge in [-0.15, -0.1) is 10.3 Å². The molecule has 0 aliphatic carbocycles. The normalized spacial score (nSPS) is 16.5. The predicted molar refractivity (Wildman–Crippen MR) is 93.6 cm³/mol. The van der Waals surface area contributed by atoms with Crippen LogP contribution < -0.4 is 4.74 Å². The van der Waals surface area contributed by atoms with Crippen LogP contribution in [0.15, 0.2) is 30.3 Å². The van der Waals surface area contributed by atoms with E-state index in [1.54, 1.807) is 29.5 Å². The summed E-state index contributed by atoms with van der Waals surface area (Å²) in [6, 6.07) is 9.26. The molecule has 0 unspecified atom stereocenters. The summed E-state index contributed by atoms with van der Waals surface area (Å²) in [5.74, 6) is 0.830. The molecule has 1 saturated heterocycles. The van der Waals surface area contributed by atoms with Crippen molar-refractivity contribution in [1.29, 1.82) is 0 Å². The Labute approximate surface area is 181 Å². The number of aryl methyl sites for hydroxylation is 1.